The number of urea groups is 1. The lowest BCUT2D eigenvalue weighted by atomic mass is 10.1. The topological polar surface area (TPSA) is 74.3 Å². The second kappa shape index (κ2) is 8.28. The molecule has 2 heterocycles. The molecule has 0 unspecified atom stereocenters. The molecule has 1 aliphatic rings. The van der Waals surface area contributed by atoms with E-state index in [2.05, 4.69) is 15.6 Å². The first kappa shape index (κ1) is 17.0. The summed E-state index contributed by atoms with van der Waals surface area (Å²) in [5.41, 5.74) is 2.75. The molecule has 25 heavy (non-hydrogen) atoms. The quantitative estimate of drug-likeness (QED) is 0.795. The average Bonchev–Trinajstić information content (AvgIpc) is 3.06. The third-order valence-corrected chi connectivity index (χ3v) is 4.16. The number of carbonyl (C=O) groups excluding carboxylic acids is 2. The van der Waals surface area contributed by atoms with Crippen LogP contribution in [0.5, 0.6) is 0 Å². The number of aromatic nitrogens is 1. The van der Waals surface area contributed by atoms with Crippen LogP contribution in [0.4, 0.5) is 16.2 Å². The number of aryl methyl sites for hydroxylation is 1. The Kier molecular flexibility index (Phi) is 5.61. The standard InChI is InChI=1S/C19H22N4O2/c24-18-6-3-13-23(18)17-9-7-16(8-10-17)22-19(25)21-12-2-5-15-4-1-11-20-14-15/h1,4,7-11,14H,2-3,5-6,12-13H2,(H2,21,22,25). The van der Waals surface area contributed by atoms with Crippen molar-refractivity contribution >= 4 is 23.3 Å². The molecule has 3 amide bonds. The number of nitrogens with one attached hydrogen (secondary N) is 2. The molecule has 2 N–H and O–H groups in total. The first-order valence-electron chi connectivity index (χ1n) is 8.56. The zero-order valence-corrected chi connectivity index (χ0v) is 14.1. The summed E-state index contributed by atoms with van der Waals surface area (Å²) < 4.78 is 0. The number of hydrogen-bond donors (Lipinski definition) is 2. The summed E-state index contributed by atoms with van der Waals surface area (Å²) in [4.78, 5) is 29.5. The Morgan fingerprint density at radius 1 is 1.20 bits per heavy atom. The first-order valence-corrected chi connectivity index (χ1v) is 8.56. The van der Waals surface area contributed by atoms with Gasteiger partial charge in [-0.25, -0.2) is 4.79 Å². The third kappa shape index (κ3) is 4.79. The van der Waals surface area contributed by atoms with Crippen LogP contribution in [0.15, 0.2) is 48.8 Å². The van der Waals surface area contributed by atoms with E-state index in [1.807, 2.05) is 42.6 Å². The lowest BCUT2D eigenvalue weighted by Gasteiger charge is -2.16. The van der Waals surface area contributed by atoms with Gasteiger partial charge in [0.05, 0.1) is 0 Å². The van der Waals surface area contributed by atoms with Crippen LogP contribution in [-0.2, 0) is 11.2 Å². The molecule has 0 radical (unpaired) electrons. The third-order valence-electron chi connectivity index (χ3n) is 4.16. The van der Waals surface area contributed by atoms with Crippen molar-refractivity contribution in [3.63, 3.8) is 0 Å². The maximum atomic E-state index is 11.9. The first-order chi connectivity index (χ1) is 12.2. The van der Waals surface area contributed by atoms with Crippen molar-refractivity contribution in [1.29, 1.82) is 0 Å². The van der Waals surface area contributed by atoms with Crippen LogP contribution in [0.3, 0.4) is 0 Å². The van der Waals surface area contributed by atoms with Crippen LogP contribution in [-0.4, -0.2) is 30.0 Å². The second-order valence-electron chi connectivity index (χ2n) is 6.04. The van der Waals surface area contributed by atoms with Crippen LogP contribution in [0.2, 0.25) is 0 Å². The molecule has 0 aliphatic carbocycles. The van der Waals surface area contributed by atoms with Crippen molar-refractivity contribution in [1.82, 2.24) is 10.3 Å². The number of pyridine rings is 1. The molecule has 1 aromatic heterocycles. The molecule has 3 rings (SSSR count). The van der Waals surface area contributed by atoms with Crippen LogP contribution < -0.4 is 15.5 Å². The van der Waals surface area contributed by atoms with Crippen molar-refractivity contribution in [2.24, 2.45) is 0 Å². The summed E-state index contributed by atoms with van der Waals surface area (Å²) in [6.45, 7) is 1.37. The lowest BCUT2D eigenvalue weighted by molar-refractivity contribution is -0.117. The van der Waals surface area contributed by atoms with Gasteiger partial charge in [0.25, 0.3) is 0 Å². The molecule has 6 nitrogen and oxygen atoms in total. The smallest absolute Gasteiger partial charge is 0.319 e. The van der Waals surface area contributed by atoms with Crippen LogP contribution in [0, 0.1) is 0 Å². The van der Waals surface area contributed by atoms with E-state index >= 15 is 0 Å². The second-order valence-corrected chi connectivity index (χ2v) is 6.04. The molecule has 1 aromatic carbocycles. The van der Waals surface area contributed by atoms with Gasteiger partial charge in [0.15, 0.2) is 0 Å². The fourth-order valence-electron chi connectivity index (χ4n) is 2.86. The summed E-state index contributed by atoms with van der Waals surface area (Å²) in [6.07, 6.45) is 6.84. The summed E-state index contributed by atoms with van der Waals surface area (Å²) in [7, 11) is 0. The Balaban J connectivity index is 1.41. The molecule has 0 atom stereocenters. The molecular formula is C19H22N4O2. The summed E-state index contributed by atoms with van der Waals surface area (Å²) in [5.74, 6) is 0.159. The highest BCUT2D eigenvalue weighted by Gasteiger charge is 2.21. The number of hydrogen-bond acceptors (Lipinski definition) is 3. The molecule has 1 aliphatic heterocycles. The monoisotopic (exact) mass is 338 g/mol. The van der Waals surface area contributed by atoms with Crippen molar-refractivity contribution in [3.05, 3.63) is 54.4 Å². The van der Waals surface area contributed by atoms with Gasteiger partial charge in [-0.15, -0.1) is 0 Å². The predicted molar refractivity (Wildman–Crippen MR) is 97.6 cm³/mol. The maximum absolute atomic E-state index is 11.9. The van der Waals surface area contributed by atoms with Crippen molar-refractivity contribution < 1.29 is 9.59 Å². The Morgan fingerprint density at radius 2 is 2.04 bits per heavy atom. The number of nitrogens with zero attached hydrogens (tertiary/aromatic N) is 2. The van der Waals surface area contributed by atoms with E-state index in [0.717, 1.165) is 37.1 Å². The minimum Gasteiger partial charge on any atom is -0.338 e. The van der Waals surface area contributed by atoms with Gasteiger partial charge in [-0.05, 0) is 55.2 Å². The molecule has 2 aromatic rings. The average molecular weight is 338 g/mol. The van der Waals surface area contributed by atoms with E-state index in [4.69, 9.17) is 0 Å². The SMILES string of the molecule is O=C(NCCCc1cccnc1)Nc1ccc(N2CCCC2=O)cc1. The van der Waals surface area contributed by atoms with Crippen LogP contribution in [0.25, 0.3) is 0 Å². The van der Waals surface area contributed by atoms with E-state index in [1.165, 1.54) is 0 Å². The van der Waals surface area contributed by atoms with Crippen molar-refractivity contribution in [3.8, 4) is 0 Å². The highest BCUT2D eigenvalue weighted by Crippen LogP contribution is 2.22. The van der Waals surface area contributed by atoms with E-state index in [0.29, 0.717) is 18.7 Å². The Bertz CT molecular complexity index is 716. The minimum atomic E-state index is -0.226. The zero-order valence-electron chi connectivity index (χ0n) is 14.1. The molecule has 1 saturated heterocycles. The van der Waals surface area contributed by atoms with Gasteiger partial charge >= 0.3 is 6.03 Å². The predicted octanol–water partition coefficient (Wildman–Crippen LogP) is 2.96. The molecule has 6 heteroatoms. The zero-order chi connectivity index (χ0) is 17.5. The summed E-state index contributed by atoms with van der Waals surface area (Å²) in [6, 6.07) is 11.1. The van der Waals surface area contributed by atoms with E-state index < -0.39 is 0 Å². The van der Waals surface area contributed by atoms with E-state index in [-0.39, 0.29) is 11.9 Å². The van der Waals surface area contributed by atoms with Gasteiger partial charge in [0.2, 0.25) is 5.91 Å². The maximum Gasteiger partial charge on any atom is 0.319 e. The Labute approximate surface area is 147 Å². The van der Waals surface area contributed by atoms with Crippen molar-refractivity contribution in [2.75, 3.05) is 23.3 Å². The van der Waals surface area contributed by atoms with Crippen LogP contribution in [0.1, 0.15) is 24.8 Å². The van der Waals surface area contributed by atoms with Crippen molar-refractivity contribution in [2.45, 2.75) is 25.7 Å². The van der Waals surface area contributed by atoms with Gasteiger partial charge in [-0.3, -0.25) is 9.78 Å². The lowest BCUT2D eigenvalue weighted by Crippen LogP contribution is -2.29. The normalized spacial score (nSPS) is 13.8. The number of benzene rings is 1. The minimum absolute atomic E-state index is 0.159. The highest BCUT2D eigenvalue weighted by atomic mass is 16.2. The number of anilines is 2. The Hall–Kier alpha value is -2.89. The molecule has 0 spiro atoms. The molecule has 130 valence electrons. The summed E-state index contributed by atoms with van der Waals surface area (Å²) in [5, 5.41) is 5.65. The van der Waals surface area contributed by atoms with E-state index in [1.54, 1.807) is 11.1 Å². The van der Waals surface area contributed by atoms with Gasteiger partial charge in [0.1, 0.15) is 0 Å². The van der Waals surface area contributed by atoms with Gasteiger partial charge < -0.3 is 15.5 Å². The fourth-order valence-corrected chi connectivity index (χ4v) is 2.86. The number of carbonyl (C=O) groups is 2. The Morgan fingerprint density at radius 3 is 2.72 bits per heavy atom. The molecule has 0 saturated carbocycles. The molecule has 1 fully saturated rings. The fraction of sp³-hybridized carbons (Fsp3) is 0.316. The van der Waals surface area contributed by atoms with Crippen LogP contribution >= 0.6 is 0 Å². The number of rotatable bonds is 6. The highest BCUT2D eigenvalue weighted by molar-refractivity contribution is 5.96. The largest absolute Gasteiger partial charge is 0.338 e. The van der Waals surface area contributed by atoms with Gasteiger partial charge in [0, 0.05) is 43.3 Å². The molecule has 0 bridgehead atoms. The summed E-state index contributed by atoms with van der Waals surface area (Å²) >= 11 is 0. The van der Waals surface area contributed by atoms with E-state index in [9.17, 15) is 9.59 Å². The molecular weight excluding hydrogens is 316 g/mol. The van der Waals surface area contributed by atoms with Gasteiger partial charge in [-0.2, -0.15) is 0 Å². The van der Waals surface area contributed by atoms with Gasteiger partial charge in [-0.1, -0.05) is 6.07 Å². The number of amides is 3.